The predicted octanol–water partition coefficient (Wildman–Crippen LogP) is 5.13. The summed E-state index contributed by atoms with van der Waals surface area (Å²) in [6, 6.07) is 18.0. The predicted molar refractivity (Wildman–Crippen MR) is 131 cm³/mol. The number of rotatable bonds is 6. The van der Waals surface area contributed by atoms with Crippen molar-refractivity contribution in [3.05, 3.63) is 77.2 Å². The molecular weight excluding hydrogens is 456 g/mol. The van der Waals surface area contributed by atoms with Crippen LogP contribution in [0.1, 0.15) is 9.67 Å². The van der Waals surface area contributed by atoms with Crippen LogP contribution in [0.2, 0.25) is 0 Å². The normalized spacial score (nSPS) is 11.1. The third-order valence-electron chi connectivity index (χ3n) is 5.07. The first-order valence-corrected chi connectivity index (χ1v) is 11.9. The van der Waals surface area contributed by atoms with Crippen molar-refractivity contribution in [1.82, 2.24) is 14.6 Å². The van der Waals surface area contributed by atoms with Crippen LogP contribution in [0.4, 0.5) is 5.69 Å². The lowest BCUT2D eigenvalue weighted by atomic mass is 10.0. The fraction of sp³-hybridized carbons (Fsp3) is 0.0833. The smallest absolute Gasteiger partial charge is 0.350 e. The maximum atomic E-state index is 12.5. The van der Waals surface area contributed by atoms with Gasteiger partial charge in [-0.3, -0.25) is 4.79 Å². The van der Waals surface area contributed by atoms with Gasteiger partial charge in [-0.25, -0.2) is 14.3 Å². The number of amides is 1. The summed E-state index contributed by atoms with van der Waals surface area (Å²) in [5, 5.41) is 12.2. The van der Waals surface area contributed by atoms with Crippen LogP contribution in [0.3, 0.4) is 0 Å². The van der Waals surface area contributed by atoms with E-state index in [1.807, 2.05) is 24.3 Å². The van der Waals surface area contributed by atoms with Crippen LogP contribution in [0.5, 0.6) is 0 Å². The molecule has 1 N–H and O–H groups in total. The van der Waals surface area contributed by atoms with E-state index in [1.54, 1.807) is 28.4 Å². The van der Waals surface area contributed by atoms with Crippen LogP contribution < -0.4 is 5.32 Å². The minimum Gasteiger partial charge on any atom is -0.465 e. The van der Waals surface area contributed by atoms with Crippen molar-refractivity contribution in [2.75, 3.05) is 18.2 Å². The molecule has 3 aromatic heterocycles. The molecule has 3 heterocycles. The van der Waals surface area contributed by atoms with Gasteiger partial charge < -0.3 is 10.1 Å². The van der Waals surface area contributed by atoms with E-state index in [4.69, 9.17) is 9.84 Å². The standard InChI is InChI=1S/C24H18N4O3S2/c1-31-24(30)22-18(9-12-32-22)26-21(29)14-33-23-20-13-19(27-28(20)11-10-25-23)17-8-4-6-15-5-2-3-7-16(15)17/h2-13H,14H2,1H3,(H,26,29). The van der Waals surface area contributed by atoms with Crippen LogP contribution in [0.25, 0.3) is 27.5 Å². The number of methoxy groups -OCH3 is 1. The number of fused-ring (bicyclic) bond motifs is 2. The molecule has 5 aromatic rings. The topological polar surface area (TPSA) is 85.6 Å². The summed E-state index contributed by atoms with van der Waals surface area (Å²) in [6.45, 7) is 0. The molecule has 9 heteroatoms. The fourth-order valence-electron chi connectivity index (χ4n) is 3.57. The number of nitrogens with zero attached hydrogens (tertiary/aromatic N) is 3. The van der Waals surface area contributed by atoms with E-state index in [-0.39, 0.29) is 11.7 Å². The van der Waals surface area contributed by atoms with Crippen LogP contribution in [0, 0.1) is 0 Å². The van der Waals surface area contributed by atoms with E-state index in [9.17, 15) is 9.59 Å². The Morgan fingerprint density at radius 1 is 1.15 bits per heavy atom. The largest absolute Gasteiger partial charge is 0.465 e. The van der Waals surface area contributed by atoms with Gasteiger partial charge in [0.2, 0.25) is 5.91 Å². The maximum absolute atomic E-state index is 12.5. The van der Waals surface area contributed by atoms with Gasteiger partial charge in [0.15, 0.2) is 0 Å². The number of carbonyl (C=O) groups is 2. The zero-order valence-corrected chi connectivity index (χ0v) is 19.2. The average Bonchev–Trinajstić information content (AvgIpc) is 3.49. The first-order chi connectivity index (χ1) is 16.1. The second-order valence-corrected chi connectivity index (χ2v) is 8.99. The summed E-state index contributed by atoms with van der Waals surface area (Å²) < 4.78 is 6.53. The lowest BCUT2D eigenvalue weighted by Crippen LogP contribution is -2.16. The van der Waals surface area contributed by atoms with Gasteiger partial charge in [0.1, 0.15) is 9.90 Å². The van der Waals surface area contributed by atoms with Crippen molar-refractivity contribution in [1.29, 1.82) is 0 Å². The highest BCUT2D eigenvalue weighted by atomic mass is 32.2. The van der Waals surface area contributed by atoms with Gasteiger partial charge in [-0.1, -0.05) is 54.2 Å². The molecule has 5 rings (SSSR count). The number of esters is 1. The number of thiophene rings is 1. The number of hydrogen-bond donors (Lipinski definition) is 1. The number of carbonyl (C=O) groups excluding carboxylic acids is 2. The monoisotopic (exact) mass is 474 g/mol. The van der Waals surface area contributed by atoms with E-state index in [1.165, 1.54) is 30.2 Å². The Bertz CT molecular complexity index is 1490. The van der Waals surface area contributed by atoms with Crippen molar-refractivity contribution in [3.63, 3.8) is 0 Å². The van der Waals surface area contributed by atoms with E-state index < -0.39 is 5.97 Å². The Balaban J connectivity index is 1.38. The van der Waals surface area contributed by atoms with Crippen LogP contribution in [0.15, 0.2) is 77.4 Å². The first-order valence-electron chi connectivity index (χ1n) is 10.0. The number of hydrogen-bond acceptors (Lipinski definition) is 7. The Labute approximate surface area is 197 Å². The average molecular weight is 475 g/mol. The number of nitrogens with one attached hydrogen (secondary N) is 1. The summed E-state index contributed by atoms with van der Waals surface area (Å²) >= 11 is 2.54. The SMILES string of the molecule is COC(=O)c1sccc1NC(=O)CSc1nccn2nc(-c3cccc4ccccc34)cc12. The summed E-state index contributed by atoms with van der Waals surface area (Å²) in [6.07, 6.45) is 3.46. The van der Waals surface area contributed by atoms with Crippen LogP contribution in [-0.4, -0.2) is 39.3 Å². The second-order valence-electron chi connectivity index (χ2n) is 7.11. The number of aromatic nitrogens is 3. The molecule has 0 aliphatic carbocycles. The number of ether oxygens (including phenoxy) is 1. The van der Waals surface area contributed by atoms with Crippen molar-refractivity contribution in [3.8, 4) is 11.3 Å². The maximum Gasteiger partial charge on any atom is 0.350 e. The molecule has 0 saturated carbocycles. The molecule has 0 unspecified atom stereocenters. The van der Waals surface area contributed by atoms with Gasteiger partial charge in [0.25, 0.3) is 0 Å². The first kappa shape index (κ1) is 21.2. The van der Waals surface area contributed by atoms with E-state index in [0.29, 0.717) is 15.6 Å². The molecule has 0 bridgehead atoms. The molecule has 1 amide bonds. The molecular formula is C24H18N4O3S2. The van der Waals surface area contributed by atoms with E-state index in [0.717, 1.165) is 27.5 Å². The van der Waals surface area contributed by atoms with E-state index in [2.05, 4.69) is 34.6 Å². The zero-order chi connectivity index (χ0) is 22.8. The van der Waals surface area contributed by atoms with Gasteiger partial charge in [-0.15, -0.1) is 11.3 Å². The summed E-state index contributed by atoms with van der Waals surface area (Å²) in [5.41, 5.74) is 3.15. The molecule has 164 valence electrons. The van der Waals surface area contributed by atoms with Gasteiger partial charge >= 0.3 is 5.97 Å². The quantitative estimate of drug-likeness (QED) is 0.271. The number of anilines is 1. The third kappa shape index (κ3) is 4.20. The summed E-state index contributed by atoms with van der Waals surface area (Å²) in [7, 11) is 1.31. The lowest BCUT2D eigenvalue weighted by molar-refractivity contribution is -0.113. The second kappa shape index (κ2) is 9.05. The van der Waals surface area contributed by atoms with Gasteiger partial charge in [-0.05, 0) is 28.3 Å². The van der Waals surface area contributed by atoms with Crippen molar-refractivity contribution >= 4 is 57.0 Å². The number of thioether (sulfide) groups is 1. The molecule has 0 fully saturated rings. The number of benzene rings is 2. The van der Waals surface area contributed by atoms with Crippen molar-refractivity contribution in [2.24, 2.45) is 0 Å². The van der Waals surface area contributed by atoms with Gasteiger partial charge in [0.05, 0.1) is 29.8 Å². The minimum atomic E-state index is -0.473. The van der Waals surface area contributed by atoms with Gasteiger partial charge in [-0.2, -0.15) is 5.10 Å². The highest BCUT2D eigenvalue weighted by Crippen LogP contribution is 2.31. The molecule has 0 aliphatic rings. The van der Waals surface area contributed by atoms with Crippen LogP contribution in [-0.2, 0) is 9.53 Å². The zero-order valence-electron chi connectivity index (χ0n) is 17.5. The molecule has 33 heavy (non-hydrogen) atoms. The summed E-state index contributed by atoms with van der Waals surface area (Å²) in [4.78, 5) is 29.2. The van der Waals surface area contributed by atoms with E-state index >= 15 is 0 Å². The molecule has 2 aromatic carbocycles. The highest BCUT2D eigenvalue weighted by Gasteiger charge is 2.17. The lowest BCUT2D eigenvalue weighted by Gasteiger charge is -2.06. The Hall–Kier alpha value is -3.69. The molecule has 0 aliphatic heterocycles. The highest BCUT2D eigenvalue weighted by molar-refractivity contribution is 8.00. The van der Waals surface area contributed by atoms with Crippen molar-refractivity contribution < 1.29 is 14.3 Å². The van der Waals surface area contributed by atoms with Crippen LogP contribution >= 0.6 is 23.1 Å². The Kier molecular flexibility index (Phi) is 5.80. The molecule has 0 spiro atoms. The Morgan fingerprint density at radius 3 is 2.88 bits per heavy atom. The van der Waals surface area contributed by atoms with Gasteiger partial charge in [0, 0.05) is 18.0 Å². The minimum absolute atomic E-state index is 0.137. The molecule has 0 saturated heterocycles. The summed E-state index contributed by atoms with van der Waals surface area (Å²) in [5.74, 6) is -0.571. The third-order valence-corrected chi connectivity index (χ3v) is 6.96. The fourth-order valence-corrected chi connectivity index (χ4v) is 5.11. The molecule has 0 radical (unpaired) electrons. The Morgan fingerprint density at radius 2 is 2.00 bits per heavy atom. The molecule has 7 nitrogen and oxygen atoms in total. The molecule has 0 atom stereocenters. The van der Waals surface area contributed by atoms with Crippen molar-refractivity contribution in [2.45, 2.75) is 5.03 Å².